The molecule has 0 atom stereocenters. The molecule has 6 rings (SSSR count). The third kappa shape index (κ3) is 4.15. The largest absolute Gasteiger partial charge is 0.352 e. The smallest absolute Gasteiger partial charge is 0.137 e. The second-order valence-electron chi connectivity index (χ2n) is 10.6. The van der Waals surface area contributed by atoms with E-state index in [9.17, 15) is 0 Å². The standard InChI is InChI=1S/C28H37N7/c1-4-21-25(22-5-11-29-28-23(22)6-12-30-28)32-24-17-31-27(33-26(21)24)19-7-13-35(14-8-19)20-9-15-34(16-10-20)18(2)3/h5-6,11-12,17-20,32H,4,7-10,13-16H2,1-3H3,(H,29,30). The normalized spacial score (nSPS) is 19.4. The number of nitrogens with zero attached hydrogens (tertiary/aromatic N) is 5. The maximum Gasteiger partial charge on any atom is 0.137 e. The van der Waals surface area contributed by atoms with Crippen LogP contribution in [0, 0.1) is 0 Å². The highest BCUT2D eigenvalue weighted by Crippen LogP contribution is 2.35. The Morgan fingerprint density at radius 2 is 1.83 bits per heavy atom. The summed E-state index contributed by atoms with van der Waals surface area (Å²) in [5.41, 5.74) is 6.60. The molecule has 35 heavy (non-hydrogen) atoms. The molecule has 2 aliphatic heterocycles. The average Bonchev–Trinajstić information content (AvgIpc) is 3.53. The van der Waals surface area contributed by atoms with Crippen molar-refractivity contribution in [3.05, 3.63) is 42.1 Å². The van der Waals surface area contributed by atoms with Gasteiger partial charge in [0, 0.05) is 46.9 Å². The quantitative estimate of drug-likeness (QED) is 0.423. The Labute approximate surface area is 207 Å². The Morgan fingerprint density at radius 3 is 2.57 bits per heavy atom. The van der Waals surface area contributed by atoms with E-state index in [1.165, 1.54) is 50.1 Å². The molecule has 0 aromatic carbocycles. The molecule has 2 aliphatic rings. The summed E-state index contributed by atoms with van der Waals surface area (Å²) in [5.74, 6) is 1.47. The molecule has 7 heteroatoms. The predicted octanol–water partition coefficient (Wildman–Crippen LogP) is 5.12. The Hall–Kier alpha value is -2.77. The van der Waals surface area contributed by atoms with E-state index in [4.69, 9.17) is 9.97 Å². The summed E-state index contributed by atoms with van der Waals surface area (Å²) >= 11 is 0. The molecule has 0 amide bonds. The zero-order valence-corrected chi connectivity index (χ0v) is 21.2. The van der Waals surface area contributed by atoms with Gasteiger partial charge in [-0.2, -0.15) is 0 Å². The Balaban J connectivity index is 1.21. The second-order valence-corrected chi connectivity index (χ2v) is 10.6. The maximum absolute atomic E-state index is 5.16. The van der Waals surface area contributed by atoms with Crippen molar-refractivity contribution < 1.29 is 0 Å². The van der Waals surface area contributed by atoms with Crippen LogP contribution in [0.3, 0.4) is 0 Å². The monoisotopic (exact) mass is 471 g/mol. The number of hydrogen-bond acceptors (Lipinski definition) is 5. The number of aromatic nitrogens is 5. The minimum absolute atomic E-state index is 0.451. The Morgan fingerprint density at radius 1 is 1.03 bits per heavy atom. The van der Waals surface area contributed by atoms with Gasteiger partial charge < -0.3 is 19.8 Å². The van der Waals surface area contributed by atoms with Crippen LogP contribution in [0.2, 0.25) is 0 Å². The van der Waals surface area contributed by atoms with Gasteiger partial charge in [0.25, 0.3) is 0 Å². The van der Waals surface area contributed by atoms with Crippen LogP contribution >= 0.6 is 0 Å². The lowest BCUT2D eigenvalue weighted by Gasteiger charge is -2.42. The van der Waals surface area contributed by atoms with Crippen molar-refractivity contribution in [1.29, 1.82) is 0 Å². The van der Waals surface area contributed by atoms with E-state index in [2.05, 4.69) is 57.7 Å². The van der Waals surface area contributed by atoms with Crippen molar-refractivity contribution in [3.63, 3.8) is 0 Å². The minimum atomic E-state index is 0.451. The van der Waals surface area contributed by atoms with Gasteiger partial charge >= 0.3 is 0 Å². The molecule has 2 saturated heterocycles. The fourth-order valence-corrected chi connectivity index (χ4v) is 6.29. The Bertz CT molecular complexity index is 1300. The third-order valence-corrected chi connectivity index (χ3v) is 8.38. The molecule has 0 saturated carbocycles. The first-order valence-corrected chi connectivity index (χ1v) is 13.4. The van der Waals surface area contributed by atoms with Gasteiger partial charge in [0.15, 0.2) is 0 Å². The zero-order chi connectivity index (χ0) is 23.9. The molecule has 4 aromatic heterocycles. The number of piperidine rings is 2. The van der Waals surface area contributed by atoms with E-state index in [0.717, 1.165) is 58.9 Å². The molecular formula is C28H37N7. The number of fused-ring (bicyclic) bond motifs is 2. The van der Waals surface area contributed by atoms with Gasteiger partial charge in [0.2, 0.25) is 0 Å². The van der Waals surface area contributed by atoms with Crippen LogP contribution in [0.4, 0.5) is 0 Å². The maximum atomic E-state index is 5.16. The SMILES string of the molecule is CCc1c(-c2ccnc3[nH]ccc23)[nH]c2cnc(C3CCN(C4CCN(C(C)C)CC4)CC3)nc12. The number of aromatic amines is 2. The number of likely N-dealkylation sites (tertiary alicyclic amines) is 2. The first-order chi connectivity index (χ1) is 17.1. The molecule has 0 radical (unpaired) electrons. The second kappa shape index (κ2) is 9.36. The summed E-state index contributed by atoms with van der Waals surface area (Å²) in [4.78, 5) is 26.7. The van der Waals surface area contributed by atoms with Gasteiger partial charge in [0.1, 0.15) is 11.5 Å². The lowest BCUT2D eigenvalue weighted by atomic mass is 9.92. The van der Waals surface area contributed by atoms with E-state index < -0.39 is 0 Å². The van der Waals surface area contributed by atoms with Crippen LogP contribution in [0.15, 0.2) is 30.7 Å². The molecule has 2 fully saturated rings. The molecule has 0 bridgehead atoms. The number of nitrogens with one attached hydrogen (secondary N) is 2. The van der Waals surface area contributed by atoms with E-state index in [0.29, 0.717) is 12.0 Å². The van der Waals surface area contributed by atoms with Gasteiger partial charge in [-0.3, -0.25) is 0 Å². The van der Waals surface area contributed by atoms with E-state index >= 15 is 0 Å². The van der Waals surface area contributed by atoms with Crippen molar-refractivity contribution in [2.45, 2.75) is 70.9 Å². The van der Waals surface area contributed by atoms with Crippen molar-refractivity contribution in [2.75, 3.05) is 26.2 Å². The highest BCUT2D eigenvalue weighted by Gasteiger charge is 2.30. The molecule has 184 valence electrons. The molecule has 0 spiro atoms. The number of rotatable bonds is 5. The van der Waals surface area contributed by atoms with Gasteiger partial charge in [-0.1, -0.05) is 6.92 Å². The summed E-state index contributed by atoms with van der Waals surface area (Å²) in [6, 6.07) is 5.61. The predicted molar refractivity (Wildman–Crippen MR) is 142 cm³/mol. The van der Waals surface area contributed by atoms with Crippen LogP contribution < -0.4 is 0 Å². The van der Waals surface area contributed by atoms with Crippen LogP contribution in [0.1, 0.15) is 63.8 Å². The van der Waals surface area contributed by atoms with Gasteiger partial charge in [-0.05, 0) is 84.3 Å². The topological polar surface area (TPSA) is 76.7 Å². The Kier molecular flexibility index (Phi) is 6.06. The number of hydrogen-bond donors (Lipinski definition) is 2. The molecule has 4 aromatic rings. The number of pyridine rings is 1. The molecule has 6 heterocycles. The highest BCUT2D eigenvalue weighted by molar-refractivity contribution is 5.97. The molecule has 7 nitrogen and oxygen atoms in total. The lowest BCUT2D eigenvalue weighted by Crippen LogP contribution is -2.48. The summed E-state index contributed by atoms with van der Waals surface area (Å²) < 4.78 is 0. The molecule has 0 aliphatic carbocycles. The van der Waals surface area contributed by atoms with Crippen molar-refractivity contribution in [2.24, 2.45) is 0 Å². The van der Waals surface area contributed by atoms with E-state index in [-0.39, 0.29) is 0 Å². The fraction of sp³-hybridized carbons (Fsp3) is 0.536. The summed E-state index contributed by atoms with van der Waals surface area (Å²) in [7, 11) is 0. The summed E-state index contributed by atoms with van der Waals surface area (Å²) in [6.45, 7) is 11.7. The van der Waals surface area contributed by atoms with Gasteiger partial charge in [-0.15, -0.1) is 0 Å². The van der Waals surface area contributed by atoms with Gasteiger partial charge in [0.05, 0.1) is 22.9 Å². The fourth-order valence-electron chi connectivity index (χ4n) is 6.29. The van der Waals surface area contributed by atoms with Crippen LogP contribution in [-0.4, -0.2) is 73.0 Å². The van der Waals surface area contributed by atoms with Crippen molar-refractivity contribution in [1.82, 2.24) is 34.7 Å². The summed E-state index contributed by atoms with van der Waals surface area (Å²) in [5, 5.41) is 1.13. The van der Waals surface area contributed by atoms with Crippen molar-refractivity contribution >= 4 is 22.1 Å². The first kappa shape index (κ1) is 22.7. The van der Waals surface area contributed by atoms with Crippen molar-refractivity contribution in [3.8, 4) is 11.3 Å². The molecule has 2 N–H and O–H groups in total. The first-order valence-electron chi connectivity index (χ1n) is 13.4. The summed E-state index contributed by atoms with van der Waals surface area (Å²) in [6.07, 6.45) is 11.7. The molecular weight excluding hydrogens is 434 g/mol. The minimum Gasteiger partial charge on any atom is -0.352 e. The van der Waals surface area contributed by atoms with Crippen LogP contribution in [-0.2, 0) is 6.42 Å². The highest BCUT2D eigenvalue weighted by atomic mass is 15.2. The zero-order valence-electron chi connectivity index (χ0n) is 21.2. The third-order valence-electron chi connectivity index (χ3n) is 8.38. The van der Waals surface area contributed by atoms with E-state index in [1.807, 2.05) is 18.6 Å². The van der Waals surface area contributed by atoms with Crippen LogP contribution in [0.5, 0.6) is 0 Å². The van der Waals surface area contributed by atoms with Crippen LogP contribution in [0.25, 0.3) is 33.3 Å². The average molecular weight is 472 g/mol. The molecule has 0 unspecified atom stereocenters. The lowest BCUT2D eigenvalue weighted by molar-refractivity contribution is 0.0747. The number of aryl methyl sites for hydroxylation is 1. The van der Waals surface area contributed by atoms with E-state index in [1.54, 1.807) is 0 Å². The van der Waals surface area contributed by atoms with Gasteiger partial charge in [-0.25, -0.2) is 15.0 Å². The number of H-pyrrole nitrogens is 2.